The van der Waals surface area contributed by atoms with Crippen LogP contribution in [0.5, 0.6) is 0 Å². The topological polar surface area (TPSA) is 3.24 Å². The molecular formula is C60H43N. The lowest BCUT2D eigenvalue weighted by atomic mass is 9.86. The van der Waals surface area contributed by atoms with Gasteiger partial charge in [-0.15, -0.1) is 0 Å². The molecule has 1 heteroatoms. The molecule has 0 aliphatic heterocycles. The van der Waals surface area contributed by atoms with Crippen molar-refractivity contribution in [1.29, 1.82) is 0 Å². The van der Waals surface area contributed by atoms with Gasteiger partial charge >= 0.3 is 0 Å². The number of rotatable bonds is 7. The maximum Gasteiger partial charge on any atom is 0.0468 e. The molecular weight excluding hydrogens is 735 g/mol. The Hall–Kier alpha value is -7.74. The quantitative estimate of drug-likeness (QED) is 0.146. The summed E-state index contributed by atoms with van der Waals surface area (Å²) in [6.07, 6.45) is 0. The summed E-state index contributed by atoms with van der Waals surface area (Å²) < 4.78 is 0. The van der Waals surface area contributed by atoms with Gasteiger partial charge in [-0.05, 0) is 185 Å². The van der Waals surface area contributed by atoms with Gasteiger partial charge in [0.15, 0.2) is 0 Å². The summed E-state index contributed by atoms with van der Waals surface area (Å²) in [4.78, 5) is 2.37. The lowest BCUT2D eigenvalue weighted by molar-refractivity contribution is 1.26. The standard InChI is InChI=1S/C60H43N/c1-40-15-13-21-50(31-40)61(51-22-14-16-41(2)32-51)52-30-29-44-33-46(28-27-45(44)37-52)57-38-59-56-26-12-10-24-54(56)58(39-60(59)55-25-11-9-23-53(55)57)49-35-47(42-17-5-3-6-18-42)34-48(36-49)43-19-7-4-8-20-43/h3-39H,1-2H3. The van der Waals surface area contributed by atoms with Gasteiger partial charge in [-0.3, -0.25) is 0 Å². The van der Waals surface area contributed by atoms with Crippen molar-refractivity contribution in [2.75, 3.05) is 4.90 Å². The fourth-order valence-corrected chi connectivity index (χ4v) is 9.33. The smallest absolute Gasteiger partial charge is 0.0468 e. The molecule has 0 bridgehead atoms. The van der Waals surface area contributed by atoms with Crippen LogP contribution in [0.2, 0.25) is 0 Å². The van der Waals surface area contributed by atoms with Gasteiger partial charge in [0.1, 0.15) is 0 Å². The van der Waals surface area contributed by atoms with Gasteiger partial charge in [-0.1, -0.05) is 152 Å². The number of hydrogen-bond donors (Lipinski definition) is 0. The van der Waals surface area contributed by atoms with E-state index in [-0.39, 0.29) is 0 Å². The summed E-state index contributed by atoms with van der Waals surface area (Å²) >= 11 is 0. The van der Waals surface area contributed by atoms with E-state index in [1.807, 2.05) is 0 Å². The number of benzene rings is 11. The molecule has 0 saturated heterocycles. The molecule has 0 atom stereocenters. The van der Waals surface area contributed by atoms with Crippen LogP contribution in [0.1, 0.15) is 11.1 Å². The summed E-state index contributed by atoms with van der Waals surface area (Å²) in [6.45, 7) is 4.31. The maximum atomic E-state index is 2.44. The van der Waals surface area contributed by atoms with Crippen molar-refractivity contribution in [2.24, 2.45) is 0 Å². The van der Waals surface area contributed by atoms with E-state index >= 15 is 0 Å². The highest BCUT2D eigenvalue weighted by Gasteiger charge is 2.18. The van der Waals surface area contributed by atoms with Crippen molar-refractivity contribution < 1.29 is 0 Å². The van der Waals surface area contributed by atoms with E-state index < -0.39 is 0 Å². The van der Waals surface area contributed by atoms with Gasteiger partial charge in [0.2, 0.25) is 0 Å². The van der Waals surface area contributed by atoms with Gasteiger partial charge in [-0.25, -0.2) is 0 Å². The molecule has 288 valence electrons. The fourth-order valence-electron chi connectivity index (χ4n) is 9.33. The van der Waals surface area contributed by atoms with Crippen LogP contribution in [0, 0.1) is 13.8 Å². The zero-order chi connectivity index (χ0) is 40.9. The average Bonchev–Trinajstić information content (AvgIpc) is 3.31. The van der Waals surface area contributed by atoms with E-state index in [1.165, 1.54) is 98.7 Å². The molecule has 11 aromatic rings. The molecule has 0 saturated carbocycles. The van der Waals surface area contributed by atoms with Crippen molar-refractivity contribution in [3.05, 3.63) is 236 Å². The van der Waals surface area contributed by atoms with Gasteiger partial charge in [-0.2, -0.15) is 0 Å². The van der Waals surface area contributed by atoms with Crippen molar-refractivity contribution in [1.82, 2.24) is 0 Å². The lowest BCUT2D eigenvalue weighted by Crippen LogP contribution is -2.10. The SMILES string of the molecule is Cc1cccc(N(c2cccc(C)c2)c2ccc3cc(-c4cc5c6ccccc6c(-c6cc(-c7ccccc7)cc(-c7ccccc7)c6)cc5c5ccccc45)ccc3c2)c1. The highest BCUT2D eigenvalue weighted by atomic mass is 15.1. The first-order chi connectivity index (χ1) is 30.0. The molecule has 0 spiro atoms. The molecule has 1 nitrogen and oxygen atoms in total. The van der Waals surface area contributed by atoms with Crippen molar-refractivity contribution in [2.45, 2.75) is 13.8 Å². The predicted octanol–water partition coefficient (Wildman–Crippen LogP) is 17.1. The minimum Gasteiger partial charge on any atom is -0.310 e. The number of hydrogen-bond acceptors (Lipinski definition) is 1. The Morgan fingerprint density at radius 3 is 1.23 bits per heavy atom. The van der Waals surface area contributed by atoms with Crippen LogP contribution in [-0.4, -0.2) is 0 Å². The third kappa shape index (κ3) is 6.71. The molecule has 0 amide bonds. The summed E-state index contributed by atoms with van der Waals surface area (Å²) in [5, 5.41) is 9.96. The summed E-state index contributed by atoms with van der Waals surface area (Å²) in [7, 11) is 0. The highest BCUT2D eigenvalue weighted by Crippen LogP contribution is 2.44. The summed E-state index contributed by atoms with van der Waals surface area (Å²) in [5.74, 6) is 0. The summed E-state index contributed by atoms with van der Waals surface area (Å²) in [6, 6.07) is 82.7. The van der Waals surface area contributed by atoms with Crippen LogP contribution < -0.4 is 4.90 Å². The van der Waals surface area contributed by atoms with E-state index in [0.717, 1.165) is 17.1 Å². The second kappa shape index (κ2) is 15.1. The first-order valence-corrected chi connectivity index (χ1v) is 21.2. The first-order valence-electron chi connectivity index (χ1n) is 21.2. The average molecular weight is 778 g/mol. The van der Waals surface area contributed by atoms with E-state index in [9.17, 15) is 0 Å². The molecule has 0 unspecified atom stereocenters. The first kappa shape index (κ1) is 36.3. The fraction of sp³-hybridized carbons (Fsp3) is 0.0333. The minimum atomic E-state index is 1.14. The van der Waals surface area contributed by atoms with Crippen LogP contribution in [0.25, 0.3) is 87.6 Å². The van der Waals surface area contributed by atoms with Crippen LogP contribution in [0.15, 0.2) is 224 Å². The third-order valence-electron chi connectivity index (χ3n) is 12.3. The Balaban J connectivity index is 1.07. The van der Waals surface area contributed by atoms with Gasteiger partial charge in [0.05, 0.1) is 0 Å². The predicted molar refractivity (Wildman–Crippen MR) is 262 cm³/mol. The van der Waals surface area contributed by atoms with E-state index in [4.69, 9.17) is 0 Å². The molecule has 0 N–H and O–H groups in total. The minimum absolute atomic E-state index is 1.14. The molecule has 0 aliphatic carbocycles. The number of aryl methyl sites for hydroxylation is 2. The Labute approximate surface area is 357 Å². The Morgan fingerprint density at radius 2 is 0.689 bits per heavy atom. The molecule has 0 heterocycles. The zero-order valence-corrected chi connectivity index (χ0v) is 34.3. The second-order valence-electron chi connectivity index (χ2n) is 16.3. The maximum absolute atomic E-state index is 2.44. The Morgan fingerprint density at radius 1 is 0.246 bits per heavy atom. The van der Waals surface area contributed by atoms with Gasteiger partial charge in [0, 0.05) is 17.1 Å². The number of fused-ring (bicyclic) bond motifs is 6. The third-order valence-corrected chi connectivity index (χ3v) is 12.3. The Bertz CT molecular complexity index is 3330. The van der Waals surface area contributed by atoms with Crippen LogP contribution >= 0.6 is 0 Å². The largest absolute Gasteiger partial charge is 0.310 e. The molecule has 0 aliphatic rings. The highest BCUT2D eigenvalue weighted by molar-refractivity contribution is 6.24. The second-order valence-corrected chi connectivity index (χ2v) is 16.3. The molecule has 11 rings (SSSR count). The monoisotopic (exact) mass is 777 g/mol. The van der Waals surface area contributed by atoms with Crippen LogP contribution in [0.4, 0.5) is 17.1 Å². The molecule has 0 radical (unpaired) electrons. The van der Waals surface area contributed by atoms with Crippen molar-refractivity contribution in [3.63, 3.8) is 0 Å². The van der Waals surface area contributed by atoms with Gasteiger partial charge < -0.3 is 4.90 Å². The van der Waals surface area contributed by atoms with Crippen molar-refractivity contribution in [3.8, 4) is 44.5 Å². The number of anilines is 3. The normalized spacial score (nSPS) is 11.4. The molecule has 61 heavy (non-hydrogen) atoms. The zero-order valence-electron chi connectivity index (χ0n) is 34.3. The van der Waals surface area contributed by atoms with E-state index in [0.29, 0.717) is 0 Å². The van der Waals surface area contributed by atoms with Crippen LogP contribution in [-0.2, 0) is 0 Å². The van der Waals surface area contributed by atoms with E-state index in [2.05, 4.69) is 243 Å². The van der Waals surface area contributed by atoms with Gasteiger partial charge in [0.25, 0.3) is 0 Å². The van der Waals surface area contributed by atoms with Crippen LogP contribution in [0.3, 0.4) is 0 Å². The van der Waals surface area contributed by atoms with Crippen molar-refractivity contribution >= 4 is 60.2 Å². The molecule has 11 aromatic carbocycles. The lowest BCUT2D eigenvalue weighted by Gasteiger charge is -2.26. The van der Waals surface area contributed by atoms with E-state index in [1.54, 1.807) is 0 Å². The summed E-state index contributed by atoms with van der Waals surface area (Å²) in [5.41, 5.74) is 15.7. The molecule has 0 fully saturated rings. The Kier molecular flexibility index (Phi) is 9.02. The number of nitrogens with zero attached hydrogens (tertiary/aromatic N) is 1. The molecule has 0 aromatic heterocycles.